The van der Waals surface area contributed by atoms with Gasteiger partial charge in [0.2, 0.25) is 0 Å². The van der Waals surface area contributed by atoms with Gasteiger partial charge in [-0.2, -0.15) is 4.99 Å². The largest absolute Gasteiger partial charge is 0.422 e. The van der Waals surface area contributed by atoms with Crippen molar-refractivity contribution in [2.24, 2.45) is 4.99 Å². The molecule has 0 aliphatic carbocycles. The number of thiazole rings is 1. The number of hydrogen-bond acceptors (Lipinski definition) is 4. The third kappa shape index (κ3) is 3.25. The summed E-state index contributed by atoms with van der Waals surface area (Å²) in [6.07, 6.45) is 1.72. The summed E-state index contributed by atoms with van der Waals surface area (Å²) in [4.78, 5) is 29.5. The molecule has 134 valence electrons. The van der Waals surface area contributed by atoms with E-state index in [0.29, 0.717) is 27.3 Å². The van der Waals surface area contributed by atoms with Crippen molar-refractivity contribution in [2.75, 3.05) is 0 Å². The van der Waals surface area contributed by atoms with E-state index in [1.54, 1.807) is 30.3 Å². The molecule has 0 saturated heterocycles. The molecule has 7 heteroatoms. The number of hydrogen-bond donors (Lipinski definition) is 0. The second-order valence-electron chi connectivity index (χ2n) is 5.80. The van der Waals surface area contributed by atoms with Crippen LogP contribution in [0.25, 0.3) is 21.2 Å². The van der Waals surface area contributed by atoms with Gasteiger partial charge in [0, 0.05) is 17.0 Å². The van der Waals surface area contributed by atoms with Gasteiger partial charge in [0.25, 0.3) is 5.91 Å². The summed E-state index contributed by atoms with van der Waals surface area (Å²) in [6.45, 7) is 4.23. The molecule has 0 unspecified atom stereocenters. The fourth-order valence-electron chi connectivity index (χ4n) is 2.80. The fraction of sp³-hybridized carbons (Fsp3) is 0.0500. The van der Waals surface area contributed by atoms with E-state index in [9.17, 15) is 9.59 Å². The second kappa shape index (κ2) is 6.98. The molecule has 4 aromatic rings. The van der Waals surface area contributed by atoms with E-state index in [1.807, 2.05) is 22.8 Å². The number of fused-ring (bicyclic) bond motifs is 2. The summed E-state index contributed by atoms with van der Waals surface area (Å²) >= 11 is 7.38. The molecule has 2 aromatic heterocycles. The highest BCUT2D eigenvalue weighted by molar-refractivity contribution is 7.16. The third-order valence-corrected chi connectivity index (χ3v) is 5.30. The van der Waals surface area contributed by atoms with E-state index in [2.05, 4.69) is 11.6 Å². The van der Waals surface area contributed by atoms with Gasteiger partial charge in [-0.25, -0.2) is 4.79 Å². The van der Waals surface area contributed by atoms with Crippen molar-refractivity contribution in [1.29, 1.82) is 0 Å². The Morgan fingerprint density at radius 2 is 2.07 bits per heavy atom. The van der Waals surface area contributed by atoms with Crippen LogP contribution in [0, 0.1) is 0 Å². The van der Waals surface area contributed by atoms with Crippen LogP contribution in [0.2, 0.25) is 5.02 Å². The molecule has 0 aliphatic heterocycles. The lowest BCUT2D eigenvalue weighted by Gasteiger charge is -2.01. The van der Waals surface area contributed by atoms with Crippen LogP contribution in [0.5, 0.6) is 0 Å². The Bertz CT molecular complexity index is 1330. The van der Waals surface area contributed by atoms with Crippen molar-refractivity contribution in [3.8, 4) is 0 Å². The zero-order chi connectivity index (χ0) is 19.0. The minimum atomic E-state index is -0.707. The van der Waals surface area contributed by atoms with Crippen LogP contribution in [-0.2, 0) is 6.54 Å². The van der Waals surface area contributed by atoms with Gasteiger partial charge in [-0.05, 0) is 30.3 Å². The Labute approximate surface area is 162 Å². The Balaban J connectivity index is 1.89. The molecule has 5 nitrogen and oxygen atoms in total. The molecule has 27 heavy (non-hydrogen) atoms. The number of amides is 1. The van der Waals surface area contributed by atoms with Crippen molar-refractivity contribution in [2.45, 2.75) is 6.54 Å². The fourth-order valence-corrected chi connectivity index (χ4v) is 4.11. The van der Waals surface area contributed by atoms with Gasteiger partial charge in [0.05, 0.1) is 10.2 Å². The number of para-hydroxylation sites is 1. The van der Waals surface area contributed by atoms with Gasteiger partial charge in [0.15, 0.2) is 4.80 Å². The van der Waals surface area contributed by atoms with E-state index in [4.69, 9.17) is 16.0 Å². The normalized spacial score (nSPS) is 12.0. The summed E-state index contributed by atoms with van der Waals surface area (Å²) in [6, 6.07) is 14.0. The predicted molar refractivity (Wildman–Crippen MR) is 107 cm³/mol. The number of halogens is 1. The van der Waals surface area contributed by atoms with Crippen LogP contribution in [0.3, 0.4) is 0 Å². The zero-order valence-corrected chi connectivity index (χ0v) is 15.6. The van der Waals surface area contributed by atoms with Gasteiger partial charge >= 0.3 is 5.63 Å². The van der Waals surface area contributed by atoms with Crippen molar-refractivity contribution in [3.63, 3.8) is 0 Å². The standard InChI is InChI=1S/C20H13ClN2O3S/c1-2-9-23-15-8-7-13(21)11-17(15)27-20(23)22-18(24)14-10-12-5-3-4-6-16(12)26-19(14)25/h2-8,10-11H,1,9H2. The molecular formula is C20H13ClN2O3S. The van der Waals surface area contributed by atoms with E-state index < -0.39 is 11.5 Å². The molecule has 0 radical (unpaired) electrons. The highest BCUT2D eigenvalue weighted by atomic mass is 35.5. The van der Waals surface area contributed by atoms with Gasteiger partial charge in [0.1, 0.15) is 11.1 Å². The number of benzene rings is 2. The van der Waals surface area contributed by atoms with E-state index in [-0.39, 0.29) is 5.56 Å². The van der Waals surface area contributed by atoms with Crippen LogP contribution in [-0.4, -0.2) is 10.5 Å². The average Bonchev–Trinajstić information content (AvgIpc) is 2.97. The first-order valence-corrected chi connectivity index (χ1v) is 9.28. The Morgan fingerprint density at radius 3 is 2.89 bits per heavy atom. The van der Waals surface area contributed by atoms with E-state index in [1.165, 1.54) is 17.4 Å². The smallest absolute Gasteiger partial charge is 0.349 e. The number of aromatic nitrogens is 1. The quantitative estimate of drug-likeness (QED) is 0.381. The van der Waals surface area contributed by atoms with Crippen LogP contribution in [0.4, 0.5) is 0 Å². The molecule has 0 bridgehead atoms. The molecule has 0 fully saturated rings. The average molecular weight is 397 g/mol. The summed E-state index contributed by atoms with van der Waals surface area (Å²) < 4.78 is 7.97. The van der Waals surface area contributed by atoms with Crippen LogP contribution in [0.1, 0.15) is 10.4 Å². The number of rotatable bonds is 3. The van der Waals surface area contributed by atoms with Gasteiger partial charge in [-0.1, -0.05) is 47.2 Å². The molecule has 0 atom stereocenters. The Morgan fingerprint density at radius 1 is 1.26 bits per heavy atom. The lowest BCUT2D eigenvalue weighted by molar-refractivity contribution is 0.0994. The minimum Gasteiger partial charge on any atom is -0.422 e. The summed E-state index contributed by atoms with van der Waals surface area (Å²) in [5.74, 6) is -0.648. The van der Waals surface area contributed by atoms with Crippen molar-refractivity contribution >= 4 is 50.0 Å². The van der Waals surface area contributed by atoms with Gasteiger partial charge < -0.3 is 8.98 Å². The highest BCUT2D eigenvalue weighted by Gasteiger charge is 2.14. The lowest BCUT2D eigenvalue weighted by Crippen LogP contribution is -2.19. The topological polar surface area (TPSA) is 64.6 Å². The minimum absolute atomic E-state index is 0.102. The molecular weight excluding hydrogens is 384 g/mol. The molecule has 0 aliphatic rings. The molecule has 1 amide bonds. The number of carbonyl (C=O) groups is 1. The third-order valence-electron chi connectivity index (χ3n) is 4.03. The van der Waals surface area contributed by atoms with E-state index in [0.717, 1.165) is 10.2 Å². The maximum absolute atomic E-state index is 12.7. The molecule has 4 rings (SSSR count). The molecule has 0 spiro atoms. The molecule has 2 aromatic carbocycles. The summed E-state index contributed by atoms with van der Waals surface area (Å²) in [7, 11) is 0. The van der Waals surface area contributed by atoms with Crippen molar-refractivity contribution < 1.29 is 9.21 Å². The van der Waals surface area contributed by atoms with Crippen LogP contribution < -0.4 is 10.4 Å². The Hall–Kier alpha value is -2.96. The number of nitrogens with zero attached hydrogens (tertiary/aromatic N) is 2. The number of carbonyl (C=O) groups excluding carboxylic acids is 1. The maximum Gasteiger partial charge on any atom is 0.349 e. The zero-order valence-electron chi connectivity index (χ0n) is 14.0. The van der Waals surface area contributed by atoms with Crippen molar-refractivity contribution in [1.82, 2.24) is 4.57 Å². The maximum atomic E-state index is 12.7. The summed E-state index contributed by atoms with van der Waals surface area (Å²) in [5.41, 5.74) is 0.509. The first-order valence-electron chi connectivity index (χ1n) is 8.08. The van der Waals surface area contributed by atoms with Gasteiger partial charge in [-0.15, -0.1) is 6.58 Å². The monoisotopic (exact) mass is 396 g/mol. The summed E-state index contributed by atoms with van der Waals surface area (Å²) in [5, 5.41) is 1.26. The predicted octanol–water partition coefficient (Wildman–Crippen LogP) is 4.39. The van der Waals surface area contributed by atoms with Crippen LogP contribution >= 0.6 is 22.9 Å². The SMILES string of the molecule is C=CCn1c(=NC(=O)c2cc3ccccc3oc2=O)sc2cc(Cl)ccc21. The first-order chi connectivity index (χ1) is 13.1. The molecule has 0 N–H and O–H groups in total. The number of allylic oxidation sites excluding steroid dienone is 1. The second-order valence-corrected chi connectivity index (χ2v) is 7.24. The van der Waals surface area contributed by atoms with E-state index >= 15 is 0 Å². The first kappa shape index (κ1) is 17.5. The molecule has 0 saturated carbocycles. The Kier molecular flexibility index (Phi) is 4.51. The van der Waals surface area contributed by atoms with Crippen LogP contribution in [0.15, 0.2) is 75.4 Å². The van der Waals surface area contributed by atoms with Crippen molar-refractivity contribution in [3.05, 3.63) is 87.0 Å². The molecule has 2 heterocycles. The van der Waals surface area contributed by atoms with Gasteiger partial charge in [-0.3, -0.25) is 4.79 Å². The highest BCUT2D eigenvalue weighted by Crippen LogP contribution is 2.22. The lowest BCUT2D eigenvalue weighted by atomic mass is 10.2.